The Hall–Kier alpha value is -0.0800. The van der Waals surface area contributed by atoms with Gasteiger partial charge in [-0.1, -0.05) is 26.7 Å². The van der Waals surface area contributed by atoms with Crippen molar-refractivity contribution in [3.8, 4) is 0 Å². The van der Waals surface area contributed by atoms with Crippen molar-refractivity contribution in [1.82, 2.24) is 10.2 Å². The zero-order valence-electron chi connectivity index (χ0n) is 12.8. The first-order valence-electron chi connectivity index (χ1n) is 8.00. The fourth-order valence-electron chi connectivity index (χ4n) is 3.30. The van der Waals surface area contributed by atoms with Crippen molar-refractivity contribution < 1.29 is 0 Å². The Morgan fingerprint density at radius 1 is 1.28 bits per heavy atom. The van der Waals surface area contributed by atoms with E-state index in [0.29, 0.717) is 5.54 Å². The Kier molecular flexibility index (Phi) is 4.71. The van der Waals surface area contributed by atoms with Gasteiger partial charge in [-0.25, -0.2) is 0 Å². The largest absolute Gasteiger partial charge is 0.308 e. The van der Waals surface area contributed by atoms with Gasteiger partial charge in [-0.05, 0) is 51.5 Å². The molecule has 2 aliphatic rings. The van der Waals surface area contributed by atoms with Crippen molar-refractivity contribution in [3.05, 3.63) is 0 Å². The molecule has 1 N–H and O–H groups in total. The third-order valence-corrected chi connectivity index (χ3v) is 4.91. The van der Waals surface area contributed by atoms with Crippen molar-refractivity contribution in [2.24, 2.45) is 11.8 Å². The molecule has 0 spiro atoms. The lowest BCUT2D eigenvalue weighted by Gasteiger charge is -2.45. The lowest BCUT2D eigenvalue weighted by atomic mass is 9.91. The first kappa shape index (κ1) is 14.3. The molecular formula is C16H32N2. The quantitative estimate of drug-likeness (QED) is 0.730. The number of piperazine rings is 1. The Balaban J connectivity index is 1.75. The average molecular weight is 252 g/mol. The molecule has 0 aromatic rings. The van der Waals surface area contributed by atoms with Gasteiger partial charge in [0.1, 0.15) is 0 Å². The molecule has 1 saturated heterocycles. The molecule has 2 atom stereocenters. The van der Waals surface area contributed by atoms with E-state index in [1.165, 1.54) is 51.7 Å². The van der Waals surface area contributed by atoms with Crippen molar-refractivity contribution in [2.45, 2.75) is 71.4 Å². The van der Waals surface area contributed by atoms with E-state index in [2.05, 4.69) is 37.9 Å². The number of nitrogens with one attached hydrogen (secondary N) is 1. The van der Waals surface area contributed by atoms with Crippen molar-refractivity contribution >= 4 is 0 Å². The molecule has 0 bridgehead atoms. The summed E-state index contributed by atoms with van der Waals surface area (Å²) < 4.78 is 0. The van der Waals surface area contributed by atoms with E-state index in [4.69, 9.17) is 0 Å². The van der Waals surface area contributed by atoms with E-state index in [-0.39, 0.29) is 0 Å². The summed E-state index contributed by atoms with van der Waals surface area (Å²) >= 11 is 0. The number of hydrogen-bond acceptors (Lipinski definition) is 2. The van der Waals surface area contributed by atoms with Crippen molar-refractivity contribution in [3.63, 3.8) is 0 Å². The average Bonchev–Trinajstić information content (AvgIpc) is 3.13. The van der Waals surface area contributed by atoms with Crippen LogP contribution in [-0.2, 0) is 0 Å². The molecule has 1 saturated carbocycles. The summed E-state index contributed by atoms with van der Waals surface area (Å²) in [6.07, 6.45) is 7.05. The summed E-state index contributed by atoms with van der Waals surface area (Å²) in [7, 11) is 0. The van der Waals surface area contributed by atoms with Crippen LogP contribution >= 0.6 is 0 Å². The molecule has 0 amide bonds. The van der Waals surface area contributed by atoms with E-state index in [9.17, 15) is 0 Å². The molecule has 0 radical (unpaired) electrons. The summed E-state index contributed by atoms with van der Waals surface area (Å²) in [5.74, 6) is 1.81. The lowest BCUT2D eigenvalue weighted by molar-refractivity contribution is 0.0815. The van der Waals surface area contributed by atoms with Gasteiger partial charge in [0.25, 0.3) is 0 Å². The van der Waals surface area contributed by atoms with E-state index < -0.39 is 0 Å². The maximum Gasteiger partial charge on any atom is 0.0309 e. The molecule has 1 heterocycles. The summed E-state index contributed by atoms with van der Waals surface area (Å²) in [4.78, 5) is 2.73. The first-order chi connectivity index (χ1) is 8.51. The number of unbranched alkanes of at least 4 members (excludes halogenated alkanes) is 1. The van der Waals surface area contributed by atoms with Crippen LogP contribution in [-0.4, -0.2) is 36.1 Å². The van der Waals surface area contributed by atoms with Gasteiger partial charge in [-0.2, -0.15) is 0 Å². The molecule has 2 nitrogen and oxygen atoms in total. The fraction of sp³-hybridized carbons (Fsp3) is 1.00. The second-order valence-electron chi connectivity index (χ2n) is 7.28. The molecule has 0 aromatic carbocycles. The van der Waals surface area contributed by atoms with E-state index in [1.807, 2.05) is 0 Å². The Morgan fingerprint density at radius 3 is 2.61 bits per heavy atom. The zero-order valence-corrected chi connectivity index (χ0v) is 12.8. The minimum atomic E-state index is 0.407. The van der Waals surface area contributed by atoms with Crippen LogP contribution in [0.25, 0.3) is 0 Å². The van der Waals surface area contributed by atoms with E-state index in [0.717, 1.165) is 17.9 Å². The standard InChI is InChI=1S/C16H32N2/c1-13(2)7-5-6-10-18-12-16(4,15-8-9-15)17-11-14(18)3/h13-15,17H,5-12H2,1-4H3. The Labute approximate surface area is 114 Å². The maximum atomic E-state index is 3.80. The Bertz CT molecular complexity index is 260. The molecule has 0 aromatic heterocycles. The lowest BCUT2D eigenvalue weighted by Crippen LogP contribution is -2.63. The van der Waals surface area contributed by atoms with Gasteiger partial charge in [-0.3, -0.25) is 4.90 Å². The summed E-state index contributed by atoms with van der Waals surface area (Å²) in [6.45, 7) is 13.2. The van der Waals surface area contributed by atoms with E-state index in [1.54, 1.807) is 0 Å². The SMILES string of the molecule is CC(C)CCCCN1CC(C)(C2CC2)NCC1C. The predicted octanol–water partition coefficient (Wildman–Crippen LogP) is 3.28. The summed E-state index contributed by atoms with van der Waals surface area (Å²) in [6, 6.07) is 0.718. The number of rotatable bonds is 6. The molecule has 1 aliphatic heterocycles. The van der Waals surface area contributed by atoms with Crippen LogP contribution in [0.2, 0.25) is 0 Å². The van der Waals surface area contributed by atoms with Gasteiger partial charge in [0.15, 0.2) is 0 Å². The highest BCUT2D eigenvalue weighted by Gasteiger charge is 2.44. The van der Waals surface area contributed by atoms with Gasteiger partial charge < -0.3 is 5.32 Å². The summed E-state index contributed by atoms with van der Waals surface area (Å²) in [5, 5.41) is 3.80. The van der Waals surface area contributed by atoms with Crippen LogP contribution in [0.15, 0.2) is 0 Å². The van der Waals surface area contributed by atoms with Gasteiger partial charge in [0.2, 0.25) is 0 Å². The van der Waals surface area contributed by atoms with E-state index >= 15 is 0 Å². The smallest absolute Gasteiger partial charge is 0.0309 e. The van der Waals surface area contributed by atoms with Crippen molar-refractivity contribution in [1.29, 1.82) is 0 Å². The second-order valence-corrected chi connectivity index (χ2v) is 7.28. The highest BCUT2D eigenvalue weighted by Crippen LogP contribution is 2.41. The molecule has 106 valence electrons. The van der Waals surface area contributed by atoms with Crippen LogP contribution in [0.1, 0.15) is 59.8 Å². The second kappa shape index (κ2) is 5.92. The molecule has 2 heteroatoms. The molecule has 2 fully saturated rings. The van der Waals surface area contributed by atoms with Crippen LogP contribution in [0.5, 0.6) is 0 Å². The highest BCUT2D eigenvalue weighted by molar-refractivity contribution is 5.03. The minimum absolute atomic E-state index is 0.407. The number of hydrogen-bond donors (Lipinski definition) is 1. The molecule has 2 unspecified atom stereocenters. The molecule has 1 aliphatic carbocycles. The van der Waals surface area contributed by atoms with Crippen LogP contribution in [0.3, 0.4) is 0 Å². The van der Waals surface area contributed by atoms with Crippen LogP contribution in [0.4, 0.5) is 0 Å². The molecule has 2 rings (SSSR count). The monoisotopic (exact) mass is 252 g/mol. The fourth-order valence-corrected chi connectivity index (χ4v) is 3.30. The highest BCUT2D eigenvalue weighted by atomic mass is 15.2. The minimum Gasteiger partial charge on any atom is -0.308 e. The third kappa shape index (κ3) is 3.71. The first-order valence-corrected chi connectivity index (χ1v) is 8.00. The topological polar surface area (TPSA) is 15.3 Å². The van der Waals surface area contributed by atoms with Crippen LogP contribution in [0, 0.1) is 11.8 Å². The van der Waals surface area contributed by atoms with Crippen LogP contribution < -0.4 is 5.32 Å². The normalized spacial score (nSPS) is 34.2. The van der Waals surface area contributed by atoms with Crippen molar-refractivity contribution in [2.75, 3.05) is 19.6 Å². The predicted molar refractivity (Wildman–Crippen MR) is 78.9 cm³/mol. The zero-order chi connectivity index (χ0) is 13.2. The van der Waals surface area contributed by atoms with Gasteiger partial charge in [0, 0.05) is 24.7 Å². The number of nitrogens with zero attached hydrogens (tertiary/aromatic N) is 1. The van der Waals surface area contributed by atoms with Gasteiger partial charge in [-0.15, -0.1) is 0 Å². The van der Waals surface area contributed by atoms with Gasteiger partial charge >= 0.3 is 0 Å². The Morgan fingerprint density at radius 2 is 2.00 bits per heavy atom. The third-order valence-electron chi connectivity index (χ3n) is 4.91. The summed E-state index contributed by atoms with van der Waals surface area (Å²) in [5.41, 5.74) is 0.407. The maximum absolute atomic E-state index is 3.80. The van der Waals surface area contributed by atoms with Gasteiger partial charge in [0.05, 0.1) is 0 Å². The molecular weight excluding hydrogens is 220 g/mol. The molecule has 18 heavy (non-hydrogen) atoms.